The van der Waals surface area contributed by atoms with E-state index in [-0.39, 0.29) is 11.9 Å². The minimum Gasteiger partial charge on any atom is -0.391 e. The van der Waals surface area contributed by atoms with Gasteiger partial charge in [-0.3, -0.25) is 9.78 Å². The highest BCUT2D eigenvalue weighted by Crippen LogP contribution is 2.23. The number of thiophene rings is 1. The molecule has 2 aromatic heterocycles. The lowest BCUT2D eigenvalue weighted by atomic mass is 10.0. The first kappa shape index (κ1) is 14.2. The number of pyridine rings is 1. The number of rotatable bonds is 4. The molecule has 1 saturated heterocycles. The van der Waals surface area contributed by atoms with Gasteiger partial charge < -0.3 is 10.0 Å². The molecule has 0 unspecified atom stereocenters. The van der Waals surface area contributed by atoms with Crippen molar-refractivity contribution in [3.8, 4) is 0 Å². The second-order valence-electron chi connectivity index (χ2n) is 5.38. The number of aliphatic hydroxyl groups excluding tert-OH is 1. The van der Waals surface area contributed by atoms with Crippen molar-refractivity contribution in [3.63, 3.8) is 0 Å². The molecule has 0 aromatic carbocycles. The van der Waals surface area contributed by atoms with Gasteiger partial charge in [-0.25, -0.2) is 0 Å². The predicted octanol–water partition coefficient (Wildman–Crippen LogP) is 1.89. The molecule has 1 amide bonds. The zero-order valence-electron chi connectivity index (χ0n) is 11.7. The predicted molar refractivity (Wildman–Crippen MR) is 82.1 cm³/mol. The molecule has 2 aromatic rings. The Bertz CT molecular complexity index is 586. The number of nitrogens with zero attached hydrogens (tertiary/aromatic N) is 2. The van der Waals surface area contributed by atoms with Crippen LogP contribution in [-0.2, 0) is 17.6 Å². The summed E-state index contributed by atoms with van der Waals surface area (Å²) in [4.78, 5) is 18.4. The van der Waals surface area contributed by atoms with Gasteiger partial charge in [-0.15, -0.1) is 0 Å². The molecule has 2 atom stereocenters. The van der Waals surface area contributed by atoms with Crippen molar-refractivity contribution < 1.29 is 9.90 Å². The van der Waals surface area contributed by atoms with E-state index in [0.29, 0.717) is 25.8 Å². The first-order valence-electron chi connectivity index (χ1n) is 7.11. The lowest BCUT2D eigenvalue weighted by Crippen LogP contribution is -2.41. The smallest absolute Gasteiger partial charge is 0.227 e. The van der Waals surface area contributed by atoms with E-state index in [1.54, 1.807) is 23.7 Å². The summed E-state index contributed by atoms with van der Waals surface area (Å²) in [5.74, 6) is 0.0961. The van der Waals surface area contributed by atoms with Crippen molar-refractivity contribution >= 4 is 17.2 Å². The Balaban J connectivity index is 1.70. The molecule has 3 heterocycles. The number of hydrogen-bond acceptors (Lipinski definition) is 4. The largest absolute Gasteiger partial charge is 0.391 e. The molecule has 1 aliphatic rings. The summed E-state index contributed by atoms with van der Waals surface area (Å²) in [5.41, 5.74) is 2.10. The van der Waals surface area contributed by atoms with Crippen LogP contribution in [0.3, 0.4) is 0 Å². The van der Waals surface area contributed by atoms with Crippen LogP contribution in [0.25, 0.3) is 0 Å². The van der Waals surface area contributed by atoms with Gasteiger partial charge in [0.1, 0.15) is 0 Å². The van der Waals surface area contributed by atoms with E-state index < -0.39 is 6.10 Å². The van der Waals surface area contributed by atoms with Gasteiger partial charge in [0.15, 0.2) is 0 Å². The second-order valence-corrected chi connectivity index (χ2v) is 6.16. The second kappa shape index (κ2) is 6.37. The maximum Gasteiger partial charge on any atom is 0.227 e. The number of carbonyl (C=O) groups excluding carboxylic acids is 1. The Morgan fingerprint density at radius 3 is 3.05 bits per heavy atom. The maximum absolute atomic E-state index is 12.5. The molecule has 0 radical (unpaired) electrons. The fourth-order valence-electron chi connectivity index (χ4n) is 2.82. The number of aliphatic hydroxyl groups is 1. The van der Waals surface area contributed by atoms with E-state index in [4.69, 9.17) is 0 Å². The van der Waals surface area contributed by atoms with Gasteiger partial charge >= 0.3 is 0 Å². The highest BCUT2D eigenvalue weighted by molar-refractivity contribution is 7.07. The summed E-state index contributed by atoms with van der Waals surface area (Å²) in [6.45, 7) is 0.634. The molecule has 0 bridgehead atoms. The molecule has 4 nitrogen and oxygen atoms in total. The number of hydrogen-bond donors (Lipinski definition) is 1. The Labute approximate surface area is 128 Å². The van der Waals surface area contributed by atoms with Gasteiger partial charge in [0, 0.05) is 18.9 Å². The van der Waals surface area contributed by atoms with E-state index in [9.17, 15) is 9.90 Å². The van der Waals surface area contributed by atoms with Crippen LogP contribution in [0, 0.1) is 0 Å². The third-order valence-electron chi connectivity index (χ3n) is 3.93. The monoisotopic (exact) mass is 302 g/mol. The highest BCUT2D eigenvalue weighted by Gasteiger charge is 2.35. The summed E-state index contributed by atoms with van der Waals surface area (Å²) in [6, 6.07) is 5.71. The van der Waals surface area contributed by atoms with Crippen LogP contribution >= 0.6 is 11.3 Å². The lowest BCUT2D eigenvalue weighted by molar-refractivity contribution is -0.132. The molecule has 1 N–H and O–H groups in total. The third kappa shape index (κ3) is 3.31. The summed E-state index contributed by atoms with van der Waals surface area (Å²) >= 11 is 1.60. The Hall–Kier alpha value is -1.72. The Morgan fingerprint density at radius 2 is 2.33 bits per heavy atom. The molecule has 3 rings (SSSR count). The van der Waals surface area contributed by atoms with E-state index in [0.717, 1.165) is 11.1 Å². The van der Waals surface area contributed by atoms with Crippen LogP contribution in [0.4, 0.5) is 0 Å². The quantitative estimate of drug-likeness (QED) is 0.938. The van der Waals surface area contributed by atoms with Crippen LogP contribution in [0.15, 0.2) is 41.4 Å². The van der Waals surface area contributed by atoms with Crippen LogP contribution in [0.1, 0.15) is 17.5 Å². The van der Waals surface area contributed by atoms with Crippen molar-refractivity contribution in [2.24, 2.45) is 0 Å². The van der Waals surface area contributed by atoms with Gasteiger partial charge in [-0.05, 0) is 46.9 Å². The van der Waals surface area contributed by atoms with Crippen LogP contribution in [0.2, 0.25) is 0 Å². The van der Waals surface area contributed by atoms with Gasteiger partial charge in [0.25, 0.3) is 0 Å². The zero-order chi connectivity index (χ0) is 14.7. The summed E-state index contributed by atoms with van der Waals surface area (Å²) < 4.78 is 0. The Morgan fingerprint density at radius 1 is 1.43 bits per heavy atom. The van der Waals surface area contributed by atoms with Crippen LogP contribution < -0.4 is 0 Å². The average molecular weight is 302 g/mol. The van der Waals surface area contributed by atoms with Crippen molar-refractivity contribution in [1.82, 2.24) is 9.88 Å². The van der Waals surface area contributed by atoms with Gasteiger partial charge in [-0.1, -0.05) is 6.07 Å². The van der Waals surface area contributed by atoms with E-state index in [1.807, 2.05) is 33.9 Å². The zero-order valence-corrected chi connectivity index (χ0v) is 12.5. The maximum atomic E-state index is 12.5. The van der Waals surface area contributed by atoms with Crippen molar-refractivity contribution in [2.75, 3.05) is 6.54 Å². The average Bonchev–Trinajstić information content (AvgIpc) is 3.11. The molecule has 1 fully saturated rings. The van der Waals surface area contributed by atoms with Gasteiger partial charge in [0.2, 0.25) is 5.91 Å². The van der Waals surface area contributed by atoms with Crippen LogP contribution in [0.5, 0.6) is 0 Å². The van der Waals surface area contributed by atoms with Crippen molar-refractivity contribution in [3.05, 3.63) is 52.5 Å². The van der Waals surface area contributed by atoms with Crippen molar-refractivity contribution in [2.45, 2.75) is 31.4 Å². The molecule has 5 heteroatoms. The third-order valence-corrected chi connectivity index (χ3v) is 4.67. The first-order chi connectivity index (χ1) is 10.2. The molecular weight excluding hydrogens is 284 g/mol. The number of aromatic nitrogens is 1. The lowest BCUT2D eigenvalue weighted by Gasteiger charge is -2.26. The molecule has 0 saturated carbocycles. The molecule has 110 valence electrons. The van der Waals surface area contributed by atoms with Gasteiger partial charge in [-0.2, -0.15) is 11.3 Å². The van der Waals surface area contributed by atoms with E-state index in [1.165, 1.54) is 0 Å². The fourth-order valence-corrected chi connectivity index (χ4v) is 3.49. The highest BCUT2D eigenvalue weighted by atomic mass is 32.1. The van der Waals surface area contributed by atoms with E-state index >= 15 is 0 Å². The standard InChI is InChI=1S/C16H18N2O2S/c19-15-3-6-18(16(20)9-13-4-7-21-11-13)14(15)8-12-2-1-5-17-10-12/h1-2,4-5,7,10-11,14-15,19H,3,6,8-9H2/t14-,15-/m1/s1. The number of likely N-dealkylation sites (tertiary alicyclic amines) is 1. The topological polar surface area (TPSA) is 53.4 Å². The summed E-state index contributed by atoms with van der Waals surface area (Å²) in [6.07, 6.45) is 4.81. The normalized spacial score (nSPS) is 21.7. The molecular formula is C16H18N2O2S. The molecule has 21 heavy (non-hydrogen) atoms. The molecule has 0 spiro atoms. The molecule has 0 aliphatic carbocycles. The van der Waals surface area contributed by atoms with Crippen LogP contribution in [-0.4, -0.2) is 39.6 Å². The Kier molecular flexibility index (Phi) is 4.31. The molecule has 1 aliphatic heterocycles. The summed E-state index contributed by atoms with van der Waals surface area (Å²) in [5, 5.41) is 14.2. The minimum absolute atomic E-state index is 0.0961. The van der Waals surface area contributed by atoms with Crippen molar-refractivity contribution in [1.29, 1.82) is 0 Å². The number of amides is 1. The summed E-state index contributed by atoms with van der Waals surface area (Å²) in [7, 11) is 0. The van der Waals surface area contributed by atoms with E-state index in [2.05, 4.69) is 4.98 Å². The van der Waals surface area contributed by atoms with Gasteiger partial charge in [0.05, 0.1) is 18.6 Å². The fraction of sp³-hybridized carbons (Fsp3) is 0.375. The SMILES string of the molecule is O=C(Cc1ccsc1)N1CC[C@@H](O)[C@H]1Cc1cccnc1. The first-order valence-corrected chi connectivity index (χ1v) is 8.06. The number of carbonyl (C=O) groups is 1. The minimum atomic E-state index is -0.448.